The lowest BCUT2D eigenvalue weighted by atomic mass is 10.2. The smallest absolute Gasteiger partial charge is 0.261 e. The zero-order valence-electron chi connectivity index (χ0n) is 13.9. The topological polar surface area (TPSA) is 101 Å². The molecule has 9 heteroatoms. The van der Waals surface area contributed by atoms with Crippen LogP contribution in [0.5, 0.6) is 0 Å². The van der Waals surface area contributed by atoms with Crippen molar-refractivity contribution in [1.29, 1.82) is 0 Å². The van der Waals surface area contributed by atoms with E-state index < -0.39 is 10.0 Å². The van der Waals surface area contributed by atoms with Crippen LogP contribution >= 0.6 is 0 Å². The molecule has 0 saturated carbocycles. The number of pyridine rings is 1. The second-order valence-electron chi connectivity index (χ2n) is 6.15. The van der Waals surface area contributed by atoms with Crippen LogP contribution in [0.15, 0.2) is 41.4 Å². The van der Waals surface area contributed by atoms with Crippen molar-refractivity contribution in [1.82, 2.24) is 4.98 Å². The third-order valence-corrected chi connectivity index (χ3v) is 5.73. The lowest BCUT2D eigenvalue weighted by Gasteiger charge is -2.27. The van der Waals surface area contributed by atoms with Crippen LogP contribution in [0.4, 0.5) is 17.2 Å². The van der Waals surface area contributed by atoms with Crippen molar-refractivity contribution in [3.05, 3.63) is 42.1 Å². The van der Waals surface area contributed by atoms with Gasteiger partial charge in [-0.05, 0) is 35.9 Å². The van der Waals surface area contributed by atoms with E-state index in [4.69, 9.17) is 4.74 Å². The predicted octanol–water partition coefficient (Wildman–Crippen LogP) is 1.21. The molecule has 2 aliphatic rings. The Morgan fingerprint density at radius 1 is 1.15 bits per heavy atom. The highest BCUT2D eigenvalue weighted by atomic mass is 32.2. The fourth-order valence-corrected chi connectivity index (χ4v) is 4.11. The van der Waals surface area contributed by atoms with E-state index in [1.54, 1.807) is 18.2 Å². The molecule has 1 amide bonds. The number of nitrogens with zero attached hydrogens (tertiary/aromatic N) is 2. The second kappa shape index (κ2) is 6.58. The number of morpholine rings is 1. The first-order chi connectivity index (χ1) is 12.5. The summed E-state index contributed by atoms with van der Waals surface area (Å²) in [4.78, 5) is 18.0. The molecule has 0 bridgehead atoms. The highest BCUT2D eigenvalue weighted by Crippen LogP contribution is 2.27. The molecule has 2 aliphatic heterocycles. The van der Waals surface area contributed by atoms with E-state index >= 15 is 0 Å². The number of ether oxygens (including phenoxy) is 1. The number of aromatic nitrogens is 1. The third kappa shape index (κ3) is 3.35. The summed E-state index contributed by atoms with van der Waals surface area (Å²) in [6.45, 7) is 2.84. The molecule has 1 fully saturated rings. The number of amides is 1. The van der Waals surface area contributed by atoms with Gasteiger partial charge in [0, 0.05) is 18.8 Å². The highest BCUT2D eigenvalue weighted by molar-refractivity contribution is 7.92. The second-order valence-corrected chi connectivity index (χ2v) is 7.84. The van der Waals surface area contributed by atoms with Gasteiger partial charge < -0.3 is 15.0 Å². The van der Waals surface area contributed by atoms with Gasteiger partial charge in [-0.25, -0.2) is 13.4 Å². The quantitative estimate of drug-likeness (QED) is 0.834. The summed E-state index contributed by atoms with van der Waals surface area (Å²) in [7, 11) is -3.75. The maximum absolute atomic E-state index is 12.6. The average Bonchev–Trinajstić information content (AvgIpc) is 3.02. The number of benzene rings is 1. The van der Waals surface area contributed by atoms with Crippen molar-refractivity contribution in [2.45, 2.75) is 11.3 Å². The van der Waals surface area contributed by atoms with Crippen LogP contribution in [-0.2, 0) is 26.0 Å². The molecule has 1 aromatic carbocycles. The molecule has 2 N–H and O–H groups in total. The Balaban J connectivity index is 1.51. The normalized spacial score (nSPS) is 16.9. The van der Waals surface area contributed by atoms with Crippen LogP contribution in [0.1, 0.15) is 5.56 Å². The summed E-state index contributed by atoms with van der Waals surface area (Å²) in [6.07, 6.45) is 1.69. The molecule has 0 spiro atoms. The van der Waals surface area contributed by atoms with Crippen LogP contribution < -0.4 is 14.9 Å². The van der Waals surface area contributed by atoms with Crippen molar-refractivity contribution >= 4 is 33.1 Å². The molecule has 2 aromatic rings. The highest BCUT2D eigenvalue weighted by Gasteiger charge is 2.22. The molecule has 136 valence electrons. The van der Waals surface area contributed by atoms with E-state index in [9.17, 15) is 13.2 Å². The standard InChI is InChI=1S/C17H18N4O4S/c22-17-10-12-9-14(2-3-15(12)19-17)26(23,24)20-13-1-4-16(18-11-13)21-5-7-25-8-6-21/h1-4,9,11,20H,5-8,10H2,(H,19,22). The van der Waals surface area contributed by atoms with E-state index in [1.807, 2.05) is 0 Å². The molecule has 0 atom stereocenters. The number of rotatable bonds is 4. The molecule has 3 heterocycles. The summed E-state index contributed by atoms with van der Waals surface area (Å²) < 4.78 is 33.0. The summed E-state index contributed by atoms with van der Waals surface area (Å²) in [5, 5.41) is 2.69. The van der Waals surface area contributed by atoms with Gasteiger partial charge >= 0.3 is 0 Å². The zero-order valence-corrected chi connectivity index (χ0v) is 14.8. The molecular formula is C17H18N4O4S. The molecule has 8 nitrogen and oxygen atoms in total. The van der Waals surface area contributed by atoms with Gasteiger partial charge in [-0.15, -0.1) is 0 Å². The molecular weight excluding hydrogens is 356 g/mol. The number of anilines is 3. The van der Waals surface area contributed by atoms with Crippen LogP contribution in [0.2, 0.25) is 0 Å². The van der Waals surface area contributed by atoms with Crippen molar-refractivity contribution < 1.29 is 17.9 Å². The predicted molar refractivity (Wildman–Crippen MR) is 96.9 cm³/mol. The molecule has 1 saturated heterocycles. The first-order valence-electron chi connectivity index (χ1n) is 8.26. The van der Waals surface area contributed by atoms with Gasteiger partial charge in [-0.3, -0.25) is 9.52 Å². The molecule has 26 heavy (non-hydrogen) atoms. The van der Waals surface area contributed by atoms with Gasteiger partial charge in [0.25, 0.3) is 10.0 Å². The lowest BCUT2D eigenvalue weighted by molar-refractivity contribution is -0.115. The third-order valence-electron chi connectivity index (χ3n) is 4.35. The van der Waals surface area contributed by atoms with Gasteiger partial charge in [-0.1, -0.05) is 0 Å². The Kier molecular flexibility index (Phi) is 4.25. The number of hydrogen-bond acceptors (Lipinski definition) is 6. The molecule has 4 rings (SSSR count). The Bertz CT molecular complexity index is 938. The molecule has 0 radical (unpaired) electrons. The number of fused-ring (bicyclic) bond motifs is 1. The summed E-state index contributed by atoms with van der Waals surface area (Å²) >= 11 is 0. The van der Waals surface area contributed by atoms with E-state index in [2.05, 4.69) is 19.9 Å². The molecule has 0 aliphatic carbocycles. The van der Waals surface area contributed by atoms with Crippen LogP contribution in [0.25, 0.3) is 0 Å². The SMILES string of the molecule is O=C1Cc2cc(S(=O)(=O)Nc3ccc(N4CCOCC4)nc3)ccc2N1. The minimum Gasteiger partial charge on any atom is -0.378 e. The van der Waals surface area contributed by atoms with Gasteiger partial charge in [0.1, 0.15) is 5.82 Å². The number of nitrogens with one attached hydrogen (secondary N) is 2. The first kappa shape index (κ1) is 16.8. The fourth-order valence-electron chi connectivity index (χ4n) is 3.01. The van der Waals surface area contributed by atoms with Crippen molar-refractivity contribution in [2.75, 3.05) is 41.2 Å². The minimum absolute atomic E-state index is 0.116. The van der Waals surface area contributed by atoms with Crippen molar-refractivity contribution in [3.63, 3.8) is 0 Å². The van der Waals surface area contributed by atoms with Gasteiger partial charge in [0.2, 0.25) is 5.91 Å². The van der Waals surface area contributed by atoms with Crippen LogP contribution in [0.3, 0.4) is 0 Å². The van der Waals surface area contributed by atoms with E-state index in [-0.39, 0.29) is 17.2 Å². The molecule has 1 aromatic heterocycles. The monoisotopic (exact) mass is 374 g/mol. The largest absolute Gasteiger partial charge is 0.378 e. The summed E-state index contributed by atoms with van der Waals surface area (Å²) in [5.74, 6) is 0.656. The maximum atomic E-state index is 12.6. The maximum Gasteiger partial charge on any atom is 0.261 e. The van der Waals surface area contributed by atoms with Gasteiger partial charge in [0.05, 0.1) is 36.4 Å². The number of hydrogen-bond donors (Lipinski definition) is 2. The van der Waals surface area contributed by atoms with Gasteiger partial charge in [-0.2, -0.15) is 0 Å². The Labute approximate surface area is 151 Å². The fraction of sp³-hybridized carbons (Fsp3) is 0.294. The van der Waals surface area contributed by atoms with Crippen molar-refractivity contribution in [2.24, 2.45) is 0 Å². The number of sulfonamides is 1. The van der Waals surface area contributed by atoms with Gasteiger partial charge in [0.15, 0.2) is 0 Å². The summed E-state index contributed by atoms with van der Waals surface area (Å²) in [5.41, 5.74) is 1.72. The summed E-state index contributed by atoms with van der Waals surface area (Å²) in [6, 6.07) is 8.07. The Morgan fingerprint density at radius 3 is 2.69 bits per heavy atom. The first-order valence-corrected chi connectivity index (χ1v) is 9.74. The molecule has 0 unspecified atom stereocenters. The van der Waals surface area contributed by atoms with Crippen LogP contribution in [0, 0.1) is 0 Å². The minimum atomic E-state index is -3.75. The van der Waals surface area contributed by atoms with E-state index in [1.165, 1.54) is 18.3 Å². The Morgan fingerprint density at radius 2 is 1.96 bits per heavy atom. The average molecular weight is 374 g/mol. The number of carbonyl (C=O) groups is 1. The van der Waals surface area contributed by atoms with Crippen molar-refractivity contribution in [3.8, 4) is 0 Å². The lowest BCUT2D eigenvalue weighted by Crippen LogP contribution is -2.36. The Hall–Kier alpha value is -2.65. The van der Waals surface area contributed by atoms with Crippen LogP contribution in [-0.4, -0.2) is 45.6 Å². The van der Waals surface area contributed by atoms with E-state index in [0.29, 0.717) is 30.2 Å². The number of carbonyl (C=O) groups excluding carboxylic acids is 1. The van der Waals surface area contributed by atoms with E-state index in [0.717, 1.165) is 18.9 Å². The zero-order chi connectivity index (χ0) is 18.1.